The van der Waals surface area contributed by atoms with Crippen LogP contribution < -0.4 is 0 Å². The highest BCUT2D eigenvalue weighted by molar-refractivity contribution is 7.23. The van der Waals surface area contributed by atoms with Crippen LogP contribution in [0.25, 0.3) is 108 Å². The first-order valence-corrected chi connectivity index (χ1v) is 18.6. The molecule has 0 amide bonds. The summed E-state index contributed by atoms with van der Waals surface area (Å²) in [7, 11) is 0. The minimum Gasteiger partial charge on any atom is -0.456 e. The van der Waals surface area contributed by atoms with E-state index in [0.717, 1.165) is 21.9 Å². The highest BCUT2D eigenvalue weighted by Crippen LogP contribution is 2.50. The quantitative estimate of drug-likeness (QED) is 0.169. The van der Waals surface area contributed by atoms with Gasteiger partial charge in [-0.25, -0.2) is 0 Å². The zero-order valence-corrected chi connectivity index (χ0v) is 29.0. The molecule has 0 saturated heterocycles. The fourth-order valence-electron chi connectivity index (χ4n) is 8.46. The Balaban J connectivity index is 1.23. The van der Waals surface area contributed by atoms with Gasteiger partial charge in [0.1, 0.15) is 11.2 Å². The molecule has 11 rings (SSSR count). The van der Waals surface area contributed by atoms with Gasteiger partial charge in [-0.3, -0.25) is 0 Å². The van der Waals surface area contributed by atoms with Crippen LogP contribution in [0.1, 0.15) is 0 Å². The van der Waals surface area contributed by atoms with E-state index in [2.05, 4.69) is 182 Å². The van der Waals surface area contributed by atoms with Crippen molar-refractivity contribution in [2.75, 3.05) is 0 Å². The average molecular weight is 679 g/mol. The van der Waals surface area contributed by atoms with Crippen LogP contribution in [0.15, 0.2) is 186 Å². The lowest BCUT2D eigenvalue weighted by molar-refractivity contribution is 0.669. The zero-order chi connectivity index (χ0) is 34.2. The Bertz CT molecular complexity index is 3100. The van der Waals surface area contributed by atoms with Gasteiger partial charge in [0.05, 0.1) is 0 Å². The predicted octanol–water partition coefficient (Wildman–Crippen LogP) is 14.9. The molecule has 242 valence electrons. The topological polar surface area (TPSA) is 13.1 Å². The van der Waals surface area contributed by atoms with Gasteiger partial charge >= 0.3 is 0 Å². The smallest absolute Gasteiger partial charge is 0.136 e. The summed E-state index contributed by atoms with van der Waals surface area (Å²) >= 11 is 1.86. The summed E-state index contributed by atoms with van der Waals surface area (Å²) in [6, 6.07) is 66.0. The van der Waals surface area contributed by atoms with Crippen molar-refractivity contribution in [2.24, 2.45) is 0 Å². The normalized spacial score (nSPS) is 11.8. The van der Waals surface area contributed by atoms with E-state index >= 15 is 0 Å². The van der Waals surface area contributed by atoms with E-state index in [4.69, 9.17) is 4.42 Å². The highest BCUT2D eigenvalue weighted by atomic mass is 32.1. The fraction of sp³-hybridized carbons (Fsp3) is 0. The number of benzene rings is 9. The second-order valence-electron chi connectivity index (χ2n) is 13.5. The van der Waals surface area contributed by atoms with Gasteiger partial charge in [0, 0.05) is 31.3 Å². The van der Waals surface area contributed by atoms with Crippen molar-refractivity contribution >= 4 is 75.7 Å². The van der Waals surface area contributed by atoms with Crippen LogP contribution >= 0.6 is 11.3 Å². The van der Waals surface area contributed by atoms with Crippen molar-refractivity contribution in [3.05, 3.63) is 182 Å². The molecule has 11 aromatic rings. The zero-order valence-electron chi connectivity index (χ0n) is 28.1. The Morgan fingerprint density at radius 1 is 0.346 bits per heavy atom. The van der Waals surface area contributed by atoms with Gasteiger partial charge < -0.3 is 4.42 Å². The standard InChI is InChI=1S/C50H30OS/c1-3-16-32(17-4-1)46-42-29-44-41(30-45(42)52-50(46)33-18-5-2-6-19-33)49-40(27-14-28-43(49)51-44)48-38-24-11-9-22-36(38)47(37-23-10-12-25-39(37)48)35-26-13-20-31-15-7-8-21-34(31)35/h1-30H. The van der Waals surface area contributed by atoms with Crippen molar-refractivity contribution < 1.29 is 4.42 Å². The van der Waals surface area contributed by atoms with Crippen LogP contribution in [-0.4, -0.2) is 0 Å². The van der Waals surface area contributed by atoms with E-state index in [0.29, 0.717) is 0 Å². The monoisotopic (exact) mass is 678 g/mol. The Morgan fingerprint density at radius 2 is 0.885 bits per heavy atom. The summed E-state index contributed by atoms with van der Waals surface area (Å²) in [5, 5.41) is 11.0. The molecule has 2 aromatic heterocycles. The van der Waals surface area contributed by atoms with Crippen molar-refractivity contribution in [3.8, 4) is 43.8 Å². The predicted molar refractivity (Wildman–Crippen MR) is 223 cm³/mol. The lowest BCUT2D eigenvalue weighted by Crippen LogP contribution is -1.92. The summed E-state index contributed by atoms with van der Waals surface area (Å²) < 4.78 is 8.05. The lowest BCUT2D eigenvalue weighted by Gasteiger charge is -2.19. The van der Waals surface area contributed by atoms with Crippen molar-refractivity contribution in [1.29, 1.82) is 0 Å². The molecular formula is C50H30OS. The first kappa shape index (κ1) is 29.3. The van der Waals surface area contributed by atoms with Crippen molar-refractivity contribution in [3.63, 3.8) is 0 Å². The summed E-state index contributed by atoms with van der Waals surface area (Å²) in [4.78, 5) is 1.28. The minimum absolute atomic E-state index is 0.904. The third-order valence-corrected chi connectivity index (χ3v) is 11.9. The van der Waals surface area contributed by atoms with Gasteiger partial charge in [-0.1, -0.05) is 164 Å². The highest BCUT2D eigenvalue weighted by Gasteiger charge is 2.23. The average Bonchev–Trinajstić information content (AvgIpc) is 3.77. The van der Waals surface area contributed by atoms with Gasteiger partial charge in [0.15, 0.2) is 0 Å². The molecule has 0 bridgehead atoms. The first-order valence-electron chi connectivity index (χ1n) is 17.8. The maximum atomic E-state index is 6.80. The molecule has 0 fully saturated rings. The Morgan fingerprint density at radius 3 is 1.58 bits per heavy atom. The third-order valence-electron chi connectivity index (χ3n) is 10.7. The van der Waals surface area contributed by atoms with Gasteiger partial charge in [-0.05, 0) is 83.9 Å². The summed E-state index contributed by atoms with van der Waals surface area (Å²) in [5.41, 5.74) is 10.5. The minimum atomic E-state index is 0.904. The molecule has 2 heteroatoms. The van der Waals surface area contributed by atoms with Crippen LogP contribution in [0, 0.1) is 0 Å². The molecule has 1 nitrogen and oxygen atoms in total. The van der Waals surface area contributed by atoms with Crippen molar-refractivity contribution in [1.82, 2.24) is 0 Å². The van der Waals surface area contributed by atoms with Gasteiger partial charge in [0.2, 0.25) is 0 Å². The molecule has 0 aliphatic rings. The summed E-state index contributed by atoms with van der Waals surface area (Å²) in [6.07, 6.45) is 0. The Hall–Kier alpha value is -6.48. The maximum absolute atomic E-state index is 6.80. The SMILES string of the molecule is c1ccc(-c2sc3cc4c(cc3c2-c2ccccc2)oc2cccc(-c3c5ccccc5c(-c5cccc6ccccc56)c5ccccc35)c24)cc1. The fourth-order valence-corrected chi connectivity index (χ4v) is 9.71. The number of hydrogen-bond acceptors (Lipinski definition) is 2. The van der Waals surface area contributed by atoms with Gasteiger partial charge in [0.25, 0.3) is 0 Å². The Kier molecular flexibility index (Phi) is 6.49. The van der Waals surface area contributed by atoms with E-state index in [1.54, 1.807) is 0 Å². The van der Waals surface area contributed by atoms with Crippen LogP contribution in [0.2, 0.25) is 0 Å². The van der Waals surface area contributed by atoms with Gasteiger partial charge in [-0.2, -0.15) is 0 Å². The lowest BCUT2D eigenvalue weighted by atomic mass is 9.84. The van der Waals surface area contributed by atoms with Crippen LogP contribution in [-0.2, 0) is 0 Å². The molecule has 52 heavy (non-hydrogen) atoms. The molecular weight excluding hydrogens is 649 g/mol. The second kappa shape index (κ2) is 11.5. The van der Waals surface area contributed by atoms with E-state index in [1.165, 1.54) is 86.2 Å². The van der Waals surface area contributed by atoms with E-state index in [9.17, 15) is 0 Å². The molecule has 0 aliphatic heterocycles. The molecule has 0 spiro atoms. The molecule has 0 atom stereocenters. The summed E-state index contributed by atoms with van der Waals surface area (Å²) in [5.74, 6) is 0. The molecule has 0 radical (unpaired) electrons. The molecule has 0 aliphatic carbocycles. The van der Waals surface area contributed by atoms with Crippen LogP contribution in [0.3, 0.4) is 0 Å². The largest absolute Gasteiger partial charge is 0.456 e. The van der Waals surface area contributed by atoms with E-state index in [-0.39, 0.29) is 0 Å². The molecule has 0 saturated carbocycles. The maximum Gasteiger partial charge on any atom is 0.136 e. The summed E-state index contributed by atoms with van der Waals surface area (Å²) in [6.45, 7) is 0. The number of thiophene rings is 1. The number of hydrogen-bond donors (Lipinski definition) is 0. The van der Waals surface area contributed by atoms with Crippen LogP contribution in [0.4, 0.5) is 0 Å². The van der Waals surface area contributed by atoms with Crippen LogP contribution in [0.5, 0.6) is 0 Å². The first-order chi connectivity index (χ1) is 25.8. The number of rotatable bonds is 4. The van der Waals surface area contributed by atoms with Crippen molar-refractivity contribution in [2.45, 2.75) is 0 Å². The molecule has 0 unspecified atom stereocenters. The molecule has 0 N–H and O–H groups in total. The Labute approximate surface area is 304 Å². The van der Waals surface area contributed by atoms with E-state index < -0.39 is 0 Å². The number of furan rings is 1. The molecule has 2 heterocycles. The van der Waals surface area contributed by atoms with Gasteiger partial charge in [-0.15, -0.1) is 11.3 Å². The molecule has 9 aromatic carbocycles. The van der Waals surface area contributed by atoms with E-state index in [1.807, 2.05) is 11.3 Å². The third kappa shape index (κ3) is 4.35. The second-order valence-corrected chi connectivity index (χ2v) is 14.6. The number of fused-ring (bicyclic) bond motifs is 7.